The van der Waals surface area contributed by atoms with E-state index in [9.17, 15) is 10.1 Å². The van der Waals surface area contributed by atoms with Crippen LogP contribution >= 0.6 is 0 Å². The van der Waals surface area contributed by atoms with Gasteiger partial charge in [0, 0.05) is 6.42 Å². The molecular weight excluding hydrogens is 294 g/mol. The SMILES string of the molecule is CC[C@]12CC[C@H]3[C@@H]([C@@H]4C[C@@H]4C4=CC(=O)CC[C@@H]43)[C@@H]1CC[C@]2(C)C#N. The van der Waals surface area contributed by atoms with Crippen molar-refractivity contribution in [3.63, 3.8) is 0 Å². The lowest BCUT2D eigenvalue weighted by Crippen LogP contribution is -2.50. The maximum Gasteiger partial charge on any atom is 0.155 e. The fourth-order valence-electron chi connectivity index (χ4n) is 8.09. The molecule has 24 heavy (non-hydrogen) atoms. The minimum atomic E-state index is -0.111. The van der Waals surface area contributed by atoms with Crippen LogP contribution in [0.2, 0.25) is 0 Å². The molecule has 128 valence electrons. The van der Waals surface area contributed by atoms with Crippen LogP contribution < -0.4 is 0 Å². The molecule has 4 fully saturated rings. The van der Waals surface area contributed by atoms with Crippen LogP contribution in [-0.4, -0.2) is 5.78 Å². The molecule has 0 saturated heterocycles. The summed E-state index contributed by atoms with van der Waals surface area (Å²) in [4.78, 5) is 11.9. The highest BCUT2D eigenvalue weighted by Gasteiger charge is 2.67. The quantitative estimate of drug-likeness (QED) is 0.688. The minimum absolute atomic E-state index is 0.111. The second kappa shape index (κ2) is 4.75. The van der Waals surface area contributed by atoms with Gasteiger partial charge < -0.3 is 0 Å². The smallest absolute Gasteiger partial charge is 0.155 e. The van der Waals surface area contributed by atoms with Crippen molar-refractivity contribution < 1.29 is 4.79 Å². The molecule has 0 aromatic carbocycles. The number of rotatable bonds is 1. The number of ketones is 1. The lowest BCUT2D eigenvalue weighted by molar-refractivity contribution is -0.116. The van der Waals surface area contributed by atoms with E-state index >= 15 is 0 Å². The largest absolute Gasteiger partial charge is 0.295 e. The maximum atomic E-state index is 11.9. The van der Waals surface area contributed by atoms with Crippen molar-refractivity contribution in [3.8, 4) is 6.07 Å². The normalized spacial score (nSPS) is 54.7. The van der Waals surface area contributed by atoms with Gasteiger partial charge >= 0.3 is 0 Å². The predicted octanol–water partition coefficient (Wildman–Crippen LogP) is 4.90. The van der Waals surface area contributed by atoms with Crippen molar-refractivity contribution in [1.29, 1.82) is 5.26 Å². The number of fused-ring (bicyclic) bond motifs is 8. The molecule has 4 saturated carbocycles. The molecular formula is C22H29NO. The third-order valence-electron chi connectivity index (χ3n) is 9.26. The van der Waals surface area contributed by atoms with E-state index < -0.39 is 0 Å². The first-order valence-corrected chi connectivity index (χ1v) is 10.2. The Morgan fingerprint density at radius 2 is 2.04 bits per heavy atom. The Hall–Kier alpha value is -1.10. The van der Waals surface area contributed by atoms with Gasteiger partial charge in [0.2, 0.25) is 0 Å². The summed E-state index contributed by atoms with van der Waals surface area (Å²) in [5.41, 5.74) is 1.70. The van der Waals surface area contributed by atoms with Crippen molar-refractivity contribution in [2.45, 2.75) is 65.2 Å². The highest BCUT2D eigenvalue weighted by molar-refractivity contribution is 5.91. The van der Waals surface area contributed by atoms with Crippen LogP contribution in [-0.2, 0) is 4.79 Å². The maximum absolute atomic E-state index is 11.9. The van der Waals surface area contributed by atoms with E-state index in [1.165, 1.54) is 32.1 Å². The zero-order chi connectivity index (χ0) is 16.7. The lowest BCUT2D eigenvalue weighted by Gasteiger charge is -2.56. The highest BCUT2D eigenvalue weighted by atomic mass is 16.1. The molecule has 0 radical (unpaired) electrons. The van der Waals surface area contributed by atoms with Gasteiger partial charge in [0.05, 0.1) is 11.5 Å². The number of hydrogen-bond donors (Lipinski definition) is 0. The zero-order valence-electron chi connectivity index (χ0n) is 15.1. The topological polar surface area (TPSA) is 40.9 Å². The van der Waals surface area contributed by atoms with Gasteiger partial charge in [-0.15, -0.1) is 0 Å². The predicted molar refractivity (Wildman–Crippen MR) is 92.8 cm³/mol. The fraction of sp³-hybridized carbons (Fsp3) is 0.818. The van der Waals surface area contributed by atoms with Gasteiger partial charge in [-0.2, -0.15) is 5.26 Å². The van der Waals surface area contributed by atoms with Gasteiger partial charge in [0.15, 0.2) is 5.78 Å². The molecule has 0 N–H and O–H groups in total. The number of nitrogens with zero attached hydrogens (tertiary/aromatic N) is 1. The summed E-state index contributed by atoms with van der Waals surface area (Å²) in [5, 5.41) is 9.95. The third kappa shape index (κ3) is 1.65. The average molecular weight is 323 g/mol. The average Bonchev–Trinajstić information content (AvgIpc) is 3.34. The number of nitriles is 1. The van der Waals surface area contributed by atoms with Crippen LogP contribution in [0.15, 0.2) is 11.6 Å². The minimum Gasteiger partial charge on any atom is -0.295 e. The van der Waals surface area contributed by atoms with E-state index in [1.54, 1.807) is 5.57 Å². The summed E-state index contributed by atoms with van der Waals surface area (Å²) in [6.45, 7) is 4.60. The van der Waals surface area contributed by atoms with E-state index in [4.69, 9.17) is 0 Å². The van der Waals surface area contributed by atoms with Crippen molar-refractivity contribution in [1.82, 2.24) is 0 Å². The summed E-state index contributed by atoms with van der Waals surface area (Å²) in [5.74, 6) is 5.04. The molecule has 0 spiro atoms. The van der Waals surface area contributed by atoms with Gasteiger partial charge in [0.25, 0.3) is 0 Å². The lowest BCUT2D eigenvalue weighted by atomic mass is 9.47. The van der Waals surface area contributed by atoms with Gasteiger partial charge in [-0.25, -0.2) is 0 Å². The summed E-state index contributed by atoms with van der Waals surface area (Å²) >= 11 is 0. The molecule has 0 aromatic rings. The Morgan fingerprint density at radius 1 is 1.21 bits per heavy atom. The number of carbonyl (C=O) groups is 1. The van der Waals surface area contributed by atoms with Crippen molar-refractivity contribution >= 4 is 5.78 Å². The molecule has 0 amide bonds. The second-order valence-corrected chi connectivity index (χ2v) is 9.64. The third-order valence-corrected chi connectivity index (χ3v) is 9.26. The van der Waals surface area contributed by atoms with Gasteiger partial charge in [-0.05, 0) is 98.9 Å². The first kappa shape index (κ1) is 15.2. The molecule has 0 aromatic heterocycles. The van der Waals surface area contributed by atoms with Gasteiger partial charge in [-0.1, -0.05) is 12.5 Å². The molecule has 8 atom stereocenters. The van der Waals surface area contributed by atoms with Crippen LogP contribution in [0.5, 0.6) is 0 Å². The molecule has 0 bridgehead atoms. The molecule has 0 unspecified atom stereocenters. The van der Waals surface area contributed by atoms with Gasteiger partial charge in [-0.3, -0.25) is 4.79 Å². The first-order chi connectivity index (χ1) is 11.5. The Labute approximate surface area is 145 Å². The Bertz CT molecular complexity index is 672. The van der Waals surface area contributed by atoms with Crippen molar-refractivity contribution in [3.05, 3.63) is 11.6 Å². The van der Waals surface area contributed by atoms with Gasteiger partial charge in [0.1, 0.15) is 0 Å². The summed E-state index contributed by atoms with van der Waals surface area (Å²) in [7, 11) is 0. The Balaban J connectivity index is 1.55. The number of allylic oxidation sites excluding steroid dienone is 1. The number of carbonyl (C=O) groups excluding carboxylic acids is 1. The molecule has 5 aliphatic carbocycles. The fourth-order valence-corrected chi connectivity index (χ4v) is 8.09. The van der Waals surface area contributed by atoms with E-state index in [0.29, 0.717) is 11.7 Å². The van der Waals surface area contributed by atoms with E-state index in [-0.39, 0.29) is 10.8 Å². The van der Waals surface area contributed by atoms with Crippen LogP contribution in [0.3, 0.4) is 0 Å². The van der Waals surface area contributed by atoms with E-state index in [2.05, 4.69) is 19.9 Å². The van der Waals surface area contributed by atoms with Crippen LogP contribution in [0.25, 0.3) is 0 Å². The highest BCUT2D eigenvalue weighted by Crippen LogP contribution is 2.74. The second-order valence-electron chi connectivity index (χ2n) is 9.64. The molecule has 2 nitrogen and oxygen atoms in total. The molecule has 5 aliphatic rings. The monoisotopic (exact) mass is 323 g/mol. The van der Waals surface area contributed by atoms with Crippen LogP contribution in [0.4, 0.5) is 0 Å². The van der Waals surface area contributed by atoms with Crippen LogP contribution in [0.1, 0.15) is 65.2 Å². The van der Waals surface area contributed by atoms with Crippen molar-refractivity contribution in [2.75, 3.05) is 0 Å². The van der Waals surface area contributed by atoms with E-state index in [0.717, 1.165) is 48.9 Å². The molecule has 2 heteroatoms. The Morgan fingerprint density at radius 3 is 2.79 bits per heavy atom. The van der Waals surface area contributed by atoms with E-state index in [1.807, 2.05) is 6.08 Å². The summed E-state index contributed by atoms with van der Waals surface area (Å²) in [6, 6.07) is 2.76. The Kier molecular flexibility index (Phi) is 3.00. The molecule has 0 heterocycles. The summed E-state index contributed by atoms with van der Waals surface area (Å²) in [6.07, 6.45) is 11.3. The standard InChI is InChI=1S/C22H29NO/c1-3-22-9-6-15-14-5-4-13(24)10-16(14)17-11-18(17)20(15)19(22)7-8-21(22,2)12-23/h10,14-15,17-20H,3-9,11H2,1-2H3/t14-,15-,17-,18-,19+,20+,21-,22+/m1/s1. The van der Waals surface area contributed by atoms with Crippen molar-refractivity contribution in [2.24, 2.45) is 46.3 Å². The zero-order valence-corrected chi connectivity index (χ0v) is 15.1. The number of hydrogen-bond acceptors (Lipinski definition) is 2. The molecule has 5 rings (SSSR count). The van der Waals surface area contributed by atoms with Crippen LogP contribution in [0, 0.1) is 57.7 Å². The molecule has 0 aliphatic heterocycles. The summed E-state index contributed by atoms with van der Waals surface area (Å²) < 4.78 is 0. The first-order valence-electron chi connectivity index (χ1n) is 10.2.